The average molecular weight is 192 g/mol. The van der Waals surface area contributed by atoms with E-state index in [-0.39, 0.29) is 11.1 Å². The minimum absolute atomic E-state index is 0.0778. The summed E-state index contributed by atoms with van der Waals surface area (Å²) < 4.78 is 0. The zero-order chi connectivity index (χ0) is 11.1. The molecule has 0 aromatic carbocycles. The smallest absolute Gasteiger partial charge is 0.337 e. The van der Waals surface area contributed by atoms with Crippen LogP contribution in [0.4, 0.5) is 0 Å². The van der Waals surface area contributed by atoms with E-state index in [0.717, 1.165) is 0 Å². The summed E-state index contributed by atoms with van der Waals surface area (Å²) in [4.78, 5) is 14.3. The van der Waals surface area contributed by atoms with Gasteiger partial charge in [0.15, 0.2) is 0 Å². The molecule has 1 aromatic rings. The Morgan fingerprint density at radius 1 is 1.57 bits per heavy atom. The van der Waals surface area contributed by atoms with Crippen LogP contribution in [-0.2, 0) is 0 Å². The normalized spacial score (nSPS) is 8.14. The Morgan fingerprint density at radius 2 is 2.14 bits per heavy atom. The fraction of sp³-hybridized carbons (Fsp3) is 0.300. The second-order valence-corrected chi connectivity index (χ2v) is 2.27. The van der Waals surface area contributed by atoms with Gasteiger partial charge in [0.05, 0.1) is 16.8 Å². The molecule has 0 aliphatic carbocycles. The SMILES string of the molecule is CC.Cc1ncc(C#N)cc1C(=O)O. The molecule has 0 spiro atoms. The molecular weight excluding hydrogens is 180 g/mol. The number of carboxylic acid groups (broad SMARTS) is 1. The van der Waals surface area contributed by atoms with E-state index in [2.05, 4.69) is 4.98 Å². The second kappa shape index (κ2) is 5.70. The fourth-order valence-corrected chi connectivity index (χ4v) is 0.811. The summed E-state index contributed by atoms with van der Waals surface area (Å²) in [5.41, 5.74) is 0.758. The summed E-state index contributed by atoms with van der Waals surface area (Å²) in [5, 5.41) is 17.1. The van der Waals surface area contributed by atoms with Gasteiger partial charge in [0, 0.05) is 6.20 Å². The van der Waals surface area contributed by atoms with Gasteiger partial charge in [0.1, 0.15) is 6.07 Å². The van der Waals surface area contributed by atoms with E-state index >= 15 is 0 Å². The number of carbonyl (C=O) groups is 1. The number of aromatic carboxylic acids is 1. The maximum Gasteiger partial charge on any atom is 0.337 e. The predicted molar refractivity (Wildman–Crippen MR) is 52.0 cm³/mol. The van der Waals surface area contributed by atoms with E-state index in [0.29, 0.717) is 5.69 Å². The molecule has 0 aliphatic heterocycles. The molecule has 0 radical (unpaired) electrons. The van der Waals surface area contributed by atoms with Crippen molar-refractivity contribution < 1.29 is 9.90 Å². The topological polar surface area (TPSA) is 74.0 Å². The summed E-state index contributed by atoms with van der Waals surface area (Å²) in [6.45, 7) is 5.59. The van der Waals surface area contributed by atoms with E-state index < -0.39 is 5.97 Å². The van der Waals surface area contributed by atoms with Crippen molar-refractivity contribution in [1.82, 2.24) is 4.98 Å². The average Bonchev–Trinajstić information content (AvgIpc) is 2.21. The van der Waals surface area contributed by atoms with Crippen molar-refractivity contribution >= 4 is 5.97 Å². The van der Waals surface area contributed by atoms with Crippen LogP contribution >= 0.6 is 0 Å². The molecule has 74 valence electrons. The minimum Gasteiger partial charge on any atom is -0.478 e. The first-order valence-electron chi connectivity index (χ1n) is 4.25. The summed E-state index contributed by atoms with van der Waals surface area (Å²) >= 11 is 0. The molecule has 1 heterocycles. The molecular formula is C10H12N2O2. The molecule has 1 N–H and O–H groups in total. The van der Waals surface area contributed by atoms with Gasteiger partial charge in [0.2, 0.25) is 0 Å². The Kier molecular flexibility index (Phi) is 4.93. The van der Waals surface area contributed by atoms with Gasteiger partial charge in [-0.15, -0.1) is 0 Å². The molecule has 0 atom stereocenters. The number of nitriles is 1. The van der Waals surface area contributed by atoms with Gasteiger partial charge in [0.25, 0.3) is 0 Å². The van der Waals surface area contributed by atoms with Crippen LogP contribution in [0.3, 0.4) is 0 Å². The van der Waals surface area contributed by atoms with Crippen LogP contribution in [0.1, 0.15) is 35.5 Å². The minimum atomic E-state index is -1.06. The van der Waals surface area contributed by atoms with Gasteiger partial charge in [-0.1, -0.05) is 13.8 Å². The summed E-state index contributed by atoms with van der Waals surface area (Å²) in [6.07, 6.45) is 1.35. The van der Waals surface area contributed by atoms with Crippen LogP contribution in [0.25, 0.3) is 0 Å². The molecule has 4 heteroatoms. The number of hydrogen-bond donors (Lipinski definition) is 1. The van der Waals surface area contributed by atoms with E-state index in [1.807, 2.05) is 19.9 Å². The quantitative estimate of drug-likeness (QED) is 0.738. The van der Waals surface area contributed by atoms with Crippen molar-refractivity contribution in [2.24, 2.45) is 0 Å². The molecule has 4 nitrogen and oxygen atoms in total. The second-order valence-electron chi connectivity index (χ2n) is 2.27. The Hall–Kier alpha value is -1.89. The van der Waals surface area contributed by atoms with Crippen LogP contribution in [0.2, 0.25) is 0 Å². The number of aryl methyl sites for hydroxylation is 1. The van der Waals surface area contributed by atoms with Crippen molar-refractivity contribution in [3.63, 3.8) is 0 Å². The van der Waals surface area contributed by atoms with Crippen LogP contribution in [0, 0.1) is 18.3 Å². The third kappa shape index (κ3) is 2.87. The highest BCUT2D eigenvalue weighted by Crippen LogP contribution is 2.06. The number of pyridine rings is 1. The van der Waals surface area contributed by atoms with Crippen molar-refractivity contribution in [2.45, 2.75) is 20.8 Å². The van der Waals surface area contributed by atoms with Crippen molar-refractivity contribution in [2.75, 3.05) is 0 Å². The monoisotopic (exact) mass is 192 g/mol. The molecule has 0 unspecified atom stereocenters. The van der Waals surface area contributed by atoms with Crippen molar-refractivity contribution in [3.05, 3.63) is 29.1 Å². The lowest BCUT2D eigenvalue weighted by molar-refractivity contribution is 0.0695. The molecule has 14 heavy (non-hydrogen) atoms. The highest BCUT2D eigenvalue weighted by Gasteiger charge is 2.08. The molecule has 0 amide bonds. The van der Waals surface area contributed by atoms with Crippen molar-refractivity contribution in [1.29, 1.82) is 5.26 Å². The van der Waals surface area contributed by atoms with E-state index in [1.165, 1.54) is 12.3 Å². The van der Waals surface area contributed by atoms with Crippen molar-refractivity contribution in [3.8, 4) is 6.07 Å². The third-order valence-corrected chi connectivity index (χ3v) is 1.45. The lowest BCUT2D eigenvalue weighted by atomic mass is 10.1. The predicted octanol–water partition coefficient (Wildman–Crippen LogP) is 1.99. The first-order valence-corrected chi connectivity index (χ1v) is 4.25. The largest absolute Gasteiger partial charge is 0.478 e. The van der Waals surface area contributed by atoms with E-state index in [4.69, 9.17) is 10.4 Å². The van der Waals surface area contributed by atoms with Gasteiger partial charge < -0.3 is 5.11 Å². The van der Waals surface area contributed by atoms with Crippen LogP contribution in [0.15, 0.2) is 12.3 Å². The van der Waals surface area contributed by atoms with Gasteiger partial charge in [-0.05, 0) is 13.0 Å². The first kappa shape index (κ1) is 12.1. The van der Waals surface area contributed by atoms with Crippen LogP contribution in [0.5, 0.6) is 0 Å². The number of rotatable bonds is 1. The Bertz CT molecular complexity index is 367. The van der Waals surface area contributed by atoms with Gasteiger partial charge >= 0.3 is 5.97 Å². The van der Waals surface area contributed by atoms with Gasteiger partial charge in [-0.2, -0.15) is 5.26 Å². The lowest BCUT2D eigenvalue weighted by Gasteiger charge is -1.97. The molecule has 1 aromatic heterocycles. The highest BCUT2D eigenvalue weighted by atomic mass is 16.4. The maximum absolute atomic E-state index is 10.5. The highest BCUT2D eigenvalue weighted by molar-refractivity contribution is 5.89. The zero-order valence-corrected chi connectivity index (χ0v) is 8.40. The van der Waals surface area contributed by atoms with E-state index in [9.17, 15) is 4.79 Å². The Balaban J connectivity index is 0.000000791. The molecule has 0 saturated carbocycles. The summed E-state index contributed by atoms with van der Waals surface area (Å²) in [7, 11) is 0. The van der Waals surface area contributed by atoms with Gasteiger partial charge in [-0.3, -0.25) is 4.98 Å². The summed E-state index contributed by atoms with van der Waals surface area (Å²) in [6, 6.07) is 3.13. The molecule has 0 saturated heterocycles. The maximum atomic E-state index is 10.5. The fourth-order valence-electron chi connectivity index (χ4n) is 0.811. The molecule has 1 rings (SSSR count). The lowest BCUT2D eigenvalue weighted by Crippen LogP contribution is -2.01. The van der Waals surface area contributed by atoms with Crippen LogP contribution < -0.4 is 0 Å². The Labute approximate surface area is 82.8 Å². The number of nitrogens with zero attached hydrogens (tertiary/aromatic N) is 2. The molecule has 0 bridgehead atoms. The molecule has 0 aliphatic rings. The third-order valence-electron chi connectivity index (χ3n) is 1.45. The zero-order valence-electron chi connectivity index (χ0n) is 8.40. The standard InChI is InChI=1S/C8H6N2O2.C2H6/c1-5-7(8(11)12)2-6(3-9)4-10-5;1-2/h2,4H,1H3,(H,11,12);1-2H3. The Morgan fingerprint density at radius 3 is 2.57 bits per heavy atom. The first-order chi connectivity index (χ1) is 6.65. The number of hydrogen-bond acceptors (Lipinski definition) is 3. The molecule has 0 fully saturated rings. The number of aromatic nitrogens is 1. The summed E-state index contributed by atoms with van der Waals surface area (Å²) in [5.74, 6) is -1.06. The van der Waals surface area contributed by atoms with E-state index in [1.54, 1.807) is 6.92 Å². The van der Waals surface area contributed by atoms with Gasteiger partial charge in [-0.25, -0.2) is 4.79 Å². The van der Waals surface area contributed by atoms with Crippen LogP contribution in [-0.4, -0.2) is 16.1 Å². The number of carboxylic acids is 1.